The van der Waals surface area contributed by atoms with Gasteiger partial charge < -0.3 is 15.5 Å². The second-order valence-electron chi connectivity index (χ2n) is 6.06. The maximum absolute atomic E-state index is 9.79. The van der Waals surface area contributed by atoms with E-state index in [1.807, 2.05) is 12.1 Å². The first-order valence-corrected chi connectivity index (χ1v) is 7.72. The number of benzene rings is 1. The van der Waals surface area contributed by atoms with Gasteiger partial charge in [-0.25, -0.2) is 0 Å². The molecule has 3 N–H and O–H groups in total. The third-order valence-electron chi connectivity index (χ3n) is 4.66. The van der Waals surface area contributed by atoms with Crippen molar-refractivity contribution >= 4 is 24.8 Å². The van der Waals surface area contributed by atoms with E-state index in [0.717, 1.165) is 31.7 Å². The topological polar surface area (TPSA) is 55.7 Å². The number of aromatic hydroxyl groups is 2. The summed E-state index contributed by atoms with van der Waals surface area (Å²) in [4.78, 5) is 2.51. The van der Waals surface area contributed by atoms with E-state index >= 15 is 0 Å². The molecule has 4 nitrogen and oxygen atoms in total. The van der Waals surface area contributed by atoms with Crippen molar-refractivity contribution in [1.29, 1.82) is 0 Å². The second-order valence-corrected chi connectivity index (χ2v) is 6.06. The monoisotopic (exact) mass is 348 g/mol. The van der Waals surface area contributed by atoms with Crippen LogP contribution in [0.4, 0.5) is 0 Å². The van der Waals surface area contributed by atoms with Gasteiger partial charge in [-0.3, -0.25) is 4.90 Å². The predicted molar refractivity (Wildman–Crippen MR) is 93.4 cm³/mol. The SMILES string of the molecule is Cl.Cl.Oc1cc(O)cc([C@@H](C2CCCC2)N2CCNCC2)c1. The Hall–Kier alpha value is -0.680. The van der Waals surface area contributed by atoms with Crippen LogP contribution in [0.3, 0.4) is 0 Å². The number of hydrogen-bond donors (Lipinski definition) is 3. The first-order valence-electron chi connectivity index (χ1n) is 7.72. The van der Waals surface area contributed by atoms with Crippen LogP contribution >= 0.6 is 24.8 Å². The molecule has 2 aliphatic rings. The van der Waals surface area contributed by atoms with Crippen LogP contribution in [-0.4, -0.2) is 41.3 Å². The van der Waals surface area contributed by atoms with Gasteiger partial charge in [0.15, 0.2) is 0 Å². The summed E-state index contributed by atoms with van der Waals surface area (Å²) in [5.74, 6) is 0.977. The molecule has 0 amide bonds. The van der Waals surface area contributed by atoms with E-state index in [1.54, 1.807) is 0 Å². The third-order valence-corrected chi connectivity index (χ3v) is 4.66. The van der Waals surface area contributed by atoms with Crippen molar-refractivity contribution in [3.63, 3.8) is 0 Å². The third kappa shape index (κ3) is 4.42. The first-order chi connectivity index (χ1) is 9.74. The fourth-order valence-electron chi connectivity index (χ4n) is 3.80. The Morgan fingerprint density at radius 2 is 1.50 bits per heavy atom. The highest BCUT2D eigenvalue weighted by Crippen LogP contribution is 2.41. The zero-order valence-electron chi connectivity index (χ0n) is 12.7. The molecule has 1 aliphatic heterocycles. The highest BCUT2D eigenvalue weighted by molar-refractivity contribution is 5.85. The summed E-state index contributed by atoms with van der Waals surface area (Å²) in [5.41, 5.74) is 1.07. The molecule has 0 unspecified atom stereocenters. The Morgan fingerprint density at radius 3 is 2.05 bits per heavy atom. The van der Waals surface area contributed by atoms with Crippen LogP contribution in [0.25, 0.3) is 0 Å². The van der Waals surface area contributed by atoms with Gasteiger partial charge in [0.1, 0.15) is 11.5 Å². The number of nitrogens with one attached hydrogen (secondary N) is 1. The van der Waals surface area contributed by atoms with E-state index < -0.39 is 0 Å². The molecule has 0 bridgehead atoms. The molecule has 0 radical (unpaired) electrons. The lowest BCUT2D eigenvalue weighted by Gasteiger charge is -2.38. The van der Waals surface area contributed by atoms with Gasteiger partial charge in [0.25, 0.3) is 0 Å². The van der Waals surface area contributed by atoms with E-state index in [4.69, 9.17) is 0 Å². The van der Waals surface area contributed by atoms with Gasteiger partial charge in [0, 0.05) is 38.3 Å². The minimum atomic E-state index is 0. The van der Waals surface area contributed by atoms with Crippen molar-refractivity contribution < 1.29 is 10.2 Å². The number of halogens is 2. The largest absolute Gasteiger partial charge is 0.508 e. The van der Waals surface area contributed by atoms with Crippen LogP contribution in [0.5, 0.6) is 11.5 Å². The maximum atomic E-state index is 9.79. The maximum Gasteiger partial charge on any atom is 0.119 e. The average Bonchev–Trinajstić information content (AvgIpc) is 2.93. The molecule has 1 saturated carbocycles. The van der Waals surface area contributed by atoms with Gasteiger partial charge >= 0.3 is 0 Å². The van der Waals surface area contributed by atoms with E-state index in [2.05, 4.69) is 10.2 Å². The molecular formula is C16H26Cl2N2O2. The zero-order chi connectivity index (χ0) is 13.9. The number of phenols is 2. The van der Waals surface area contributed by atoms with Crippen molar-refractivity contribution in [2.75, 3.05) is 26.2 Å². The van der Waals surface area contributed by atoms with E-state index in [-0.39, 0.29) is 36.3 Å². The molecule has 1 aromatic rings. The summed E-state index contributed by atoms with van der Waals surface area (Å²) in [7, 11) is 0. The van der Waals surface area contributed by atoms with Crippen LogP contribution in [0.1, 0.15) is 37.3 Å². The predicted octanol–water partition coefficient (Wildman–Crippen LogP) is 3.08. The normalized spacial score (nSPS) is 20.9. The second kappa shape index (κ2) is 8.82. The van der Waals surface area contributed by atoms with Crippen molar-refractivity contribution in [3.05, 3.63) is 23.8 Å². The Kier molecular flexibility index (Phi) is 7.77. The molecule has 0 aromatic heterocycles. The van der Waals surface area contributed by atoms with E-state index in [0.29, 0.717) is 12.0 Å². The fraction of sp³-hybridized carbons (Fsp3) is 0.625. The molecule has 1 aromatic carbocycles. The number of phenolic OH excluding ortho intramolecular Hbond substituents is 2. The van der Waals surface area contributed by atoms with Crippen LogP contribution in [0.15, 0.2) is 18.2 Å². The van der Waals surface area contributed by atoms with E-state index in [9.17, 15) is 10.2 Å². The summed E-state index contributed by atoms with van der Waals surface area (Å²) in [6.45, 7) is 4.12. The lowest BCUT2D eigenvalue weighted by molar-refractivity contribution is 0.125. The molecule has 2 fully saturated rings. The lowest BCUT2D eigenvalue weighted by Crippen LogP contribution is -2.46. The molecule has 6 heteroatoms. The first kappa shape index (κ1) is 19.4. The van der Waals surface area contributed by atoms with Gasteiger partial charge in [0.2, 0.25) is 0 Å². The van der Waals surface area contributed by atoms with E-state index in [1.165, 1.54) is 31.7 Å². The summed E-state index contributed by atoms with van der Waals surface area (Å²) in [6, 6.07) is 5.39. The van der Waals surface area contributed by atoms with Crippen LogP contribution < -0.4 is 5.32 Å². The Balaban J connectivity index is 0.00000121. The number of piperazine rings is 1. The summed E-state index contributed by atoms with van der Waals surface area (Å²) < 4.78 is 0. The minimum absolute atomic E-state index is 0. The van der Waals surface area contributed by atoms with Gasteiger partial charge in [-0.2, -0.15) is 0 Å². The minimum Gasteiger partial charge on any atom is -0.508 e. The fourth-order valence-corrected chi connectivity index (χ4v) is 3.80. The molecular weight excluding hydrogens is 323 g/mol. The summed E-state index contributed by atoms with van der Waals surface area (Å²) >= 11 is 0. The van der Waals surface area contributed by atoms with Gasteiger partial charge in [-0.05, 0) is 36.5 Å². The number of nitrogens with zero attached hydrogens (tertiary/aromatic N) is 1. The summed E-state index contributed by atoms with van der Waals surface area (Å²) in [5, 5.41) is 23.0. The Bertz CT molecular complexity index is 441. The Morgan fingerprint density at radius 1 is 0.955 bits per heavy atom. The van der Waals surface area contributed by atoms with Crippen molar-refractivity contribution in [2.45, 2.75) is 31.7 Å². The molecule has 1 saturated heterocycles. The van der Waals surface area contributed by atoms with Gasteiger partial charge in [0.05, 0.1) is 0 Å². The van der Waals surface area contributed by atoms with Crippen molar-refractivity contribution in [3.8, 4) is 11.5 Å². The average molecular weight is 349 g/mol. The van der Waals surface area contributed by atoms with Crippen LogP contribution in [-0.2, 0) is 0 Å². The molecule has 22 heavy (non-hydrogen) atoms. The number of hydrogen-bond acceptors (Lipinski definition) is 4. The van der Waals surface area contributed by atoms with Gasteiger partial charge in [-0.1, -0.05) is 12.8 Å². The molecule has 1 atom stereocenters. The summed E-state index contributed by atoms with van der Waals surface area (Å²) in [6.07, 6.45) is 5.12. The van der Waals surface area contributed by atoms with Gasteiger partial charge in [-0.15, -0.1) is 24.8 Å². The Labute approximate surface area is 144 Å². The standard InChI is InChI=1S/C16H24N2O2.2ClH/c19-14-9-13(10-15(20)11-14)16(12-3-1-2-4-12)18-7-5-17-6-8-18;;/h9-12,16-17,19-20H,1-8H2;2*1H/t16-;;/m1../s1. The van der Waals surface area contributed by atoms with Crippen molar-refractivity contribution in [1.82, 2.24) is 10.2 Å². The van der Waals surface area contributed by atoms with Crippen LogP contribution in [0, 0.1) is 5.92 Å². The molecule has 3 rings (SSSR count). The van der Waals surface area contributed by atoms with Crippen LogP contribution in [0.2, 0.25) is 0 Å². The highest BCUT2D eigenvalue weighted by Gasteiger charge is 2.32. The molecule has 0 spiro atoms. The quantitative estimate of drug-likeness (QED) is 0.785. The smallest absolute Gasteiger partial charge is 0.119 e. The molecule has 1 aliphatic carbocycles. The number of rotatable bonds is 3. The zero-order valence-corrected chi connectivity index (χ0v) is 14.3. The molecule has 1 heterocycles. The molecule has 126 valence electrons. The highest BCUT2D eigenvalue weighted by atomic mass is 35.5. The van der Waals surface area contributed by atoms with Crippen molar-refractivity contribution in [2.24, 2.45) is 5.92 Å². The lowest BCUT2D eigenvalue weighted by atomic mass is 9.89.